The van der Waals surface area contributed by atoms with E-state index >= 15 is 0 Å². The second-order valence-corrected chi connectivity index (χ2v) is 6.11. The minimum atomic E-state index is -1.02. The van der Waals surface area contributed by atoms with Crippen LogP contribution in [0.25, 0.3) is 11.4 Å². The van der Waals surface area contributed by atoms with Crippen molar-refractivity contribution in [1.82, 2.24) is 15.3 Å². The first-order chi connectivity index (χ1) is 11.0. The number of nitrogens with zero attached hydrogens (tertiary/aromatic N) is 1. The number of aromatic amines is 1. The molecule has 1 saturated heterocycles. The summed E-state index contributed by atoms with van der Waals surface area (Å²) in [5.74, 6) is 0.262. The molecule has 0 radical (unpaired) electrons. The van der Waals surface area contributed by atoms with Gasteiger partial charge in [-0.2, -0.15) is 0 Å². The molecule has 1 aliphatic heterocycles. The third kappa shape index (κ3) is 2.84. The zero-order chi connectivity index (χ0) is 16.4. The van der Waals surface area contributed by atoms with Crippen molar-refractivity contribution in [1.29, 1.82) is 0 Å². The molecule has 3 rings (SSSR count). The lowest BCUT2D eigenvalue weighted by Gasteiger charge is -2.31. The first kappa shape index (κ1) is 15.3. The van der Waals surface area contributed by atoms with E-state index in [1.165, 1.54) is 0 Å². The van der Waals surface area contributed by atoms with E-state index in [0.717, 1.165) is 23.4 Å². The fourth-order valence-electron chi connectivity index (χ4n) is 2.76. The Bertz CT molecular complexity index is 739. The predicted octanol–water partition coefficient (Wildman–Crippen LogP) is 2.24. The van der Waals surface area contributed by atoms with Gasteiger partial charge < -0.3 is 15.6 Å². The summed E-state index contributed by atoms with van der Waals surface area (Å²) < 4.78 is 0. The molecule has 6 heteroatoms. The molecule has 1 aliphatic rings. The first-order valence-electron chi connectivity index (χ1n) is 7.71. The van der Waals surface area contributed by atoms with Crippen molar-refractivity contribution in [3.63, 3.8) is 0 Å². The number of hydrogen-bond donors (Lipinski definition) is 3. The molecule has 120 valence electrons. The minimum absolute atomic E-state index is 0.207. The third-order valence-electron chi connectivity index (χ3n) is 4.40. The number of rotatable bonds is 3. The minimum Gasteiger partial charge on any atom is -0.355 e. The van der Waals surface area contributed by atoms with E-state index in [1.54, 1.807) is 19.3 Å². The molecule has 0 aliphatic carbocycles. The fourth-order valence-corrected chi connectivity index (χ4v) is 2.76. The number of aryl methyl sites for hydroxylation is 1. The summed E-state index contributed by atoms with van der Waals surface area (Å²) in [4.78, 5) is 32.0. The highest BCUT2D eigenvalue weighted by Crippen LogP contribution is 2.30. The smallest absolute Gasteiger partial charge is 0.239 e. The van der Waals surface area contributed by atoms with E-state index < -0.39 is 5.41 Å². The summed E-state index contributed by atoms with van der Waals surface area (Å²) in [6.07, 6.45) is 4.80. The number of anilines is 1. The second-order valence-electron chi connectivity index (χ2n) is 6.11. The van der Waals surface area contributed by atoms with Gasteiger partial charge in [-0.05, 0) is 38.3 Å². The fraction of sp³-hybridized carbons (Fsp3) is 0.353. The number of carbonyl (C=O) groups is 2. The van der Waals surface area contributed by atoms with Crippen LogP contribution < -0.4 is 10.6 Å². The van der Waals surface area contributed by atoms with Crippen LogP contribution in [0.4, 0.5) is 5.69 Å². The monoisotopic (exact) mass is 312 g/mol. The Morgan fingerprint density at radius 1 is 1.39 bits per heavy atom. The molecule has 2 amide bonds. The summed E-state index contributed by atoms with van der Waals surface area (Å²) in [7, 11) is 0. The summed E-state index contributed by atoms with van der Waals surface area (Å²) in [5, 5.41) is 5.68. The average Bonchev–Trinajstić information content (AvgIpc) is 3.07. The van der Waals surface area contributed by atoms with Crippen LogP contribution in [0.1, 0.15) is 25.3 Å². The van der Waals surface area contributed by atoms with Gasteiger partial charge in [-0.25, -0.2) is 4.98 Å². The molecule has 6 nitrogen and oxygen atoms in total. The molecular formula is C17H20N4O2. The van der Waals surface area contributed by atoms with Crippen molar-refractivity contribution in [3.8, 4) is 11.4 Å². The quantitative estimate of drug-likeness (QED) is 0.760. The Morgan fingerprint density at radius 2 is 2.22 bits per heavy atom. The molecule has 23 heavy (non-hydrogen) atoms. The van der Waals surface area contributed by atoms with E-state index in [9.17, 15) is 9.59 Å². The van der Waals surface area contributed by atoms with Crippen molar-refractivity contribution in [3.05, 3.63) is 36.2 Å². The Labute approximate surface area is 134 Å². The molecule has 1 atom stereocenters. The van der Waals surface area contributed by atoms with Crippen LogP contribution in [0, 0.1) is 12.3 Å². The maximum Gasteiger partial charge on any atom is 0.239 e. The summed E-state index contributed by atoms with van der Waals surface area (Å²) in [6.45, 7) is 4.25. The maximum absolute atomic E-state index is 12.7. The van der Waals surface area contributed by atoms with Crippen molar-refractivity contribution in [2.24, 2.45) is 5.41 Å². The normalized spacial score (nSPS) is 20.9. The van der Waals surface area contributed by atoms with Gasteiger partial charge in [-0.3, -0.25) is 9.59 Å². The van der Waals surface area contributed by atoms with Gasteiger partial charge in [0, 0.05) is 30.2 Å². The molecule has 0 bridgehead atoms. The molecule has 1 aromatic heterocycles. The zero-order valence-corrected chi connectivity index (χ0v) is 13.3. The molecule has 0 saturated carbocycles. The number of benzene rings is 1. The number of amides is 2. The van der Waals surface area contributed by atoms with Gasteiger partial charge in [-0.15, -0.1) is 0 Å². The van der Waals surface area contributed by atoms with Crippen LogP contribution in [0.2, 0.25) is 0 Å². The number of nitrogens with one attached hydrogen (secondary N) is 3. The molecule has 2 aromatic rings. The first-order valence-corrected chi connectivity index (χ1v) is 7.71. The van der Waals surface area contributed by atoms with Gasteiger partial charge in [0.1, 0.15) is 11.2 Å². The molecule has 1 aromatic carbocycles. The van der Waals surface area contributed by atoms with Crippen LogP contribution in [-0.4, -0.2) is 28.3 Å². The van der Waals surface area contributed by atoms with E-state index in [-0.39, 0.29) is 11.8 Å². The van der Waals surface area contributed by atoms with Gasteiger partial charge in [0.15, 0.2) is 0 Å². The Kier molecular flexibility index (Phi) is 3.90. The number of H-pyrrole nitrogens is 1. The van der Waals surface area contributed by atoms with Gasteiger partial charge in [0.25, 0.3) is 0 Å². The largest absolute Gasteiger partial charge is 0.355 e. The molecular weight excluding hydrogens is 292 g/mol. The van der Waals surface area contributed by atoms with Crippen LogP contribution in [0.5, 0.6) is 0 Å². The van der Waals surface area contributed by atoms with Crippen LogP contribution in [0.3, 0.4) is 0 Å². The molecule has 2 heterocycles. The van der Waals surface area contributed by atoms with Gasteiger partial charge in [-0.1, -0.05) is 12.1 Å². The molecule has 1 fully saturated rings. The highest BCUT2D eigenvalue weighted by molar-refractivity contribution is 6.10. The van der Waals surface area contributed by atoms with Crippen LogP contribution >= 0.6 is 0 Å². The Balaban J connectivity index is 1.86. The molecule has 0 unspecified atom stereocenters. The van der Waals surface area contributed by atoms with Crippen molar-refractivity contribution in [2.75, 3.05) is 11.9 Å². The Morgan fingerprint density at radius 3 is 2.91 bits per heavy atom. The van der Waals surface area contributed by atoms with E-state index in [4.69, 9.17) is 0 Å². The number of hydrogen-bond acceptors (Lipinski definition) is 3. The number of piperidine rings is 1. The van der Waals surface area contributed by atoms with E-state index in [0.29, 0.717) is 18.7 Å². The predicted molar refractivity (Wildman–Crippen MR) is 87.7 cm³/mol. The van der Waals surface area contributed by atoms with Crippen molar-refractivity contribution < 1.29 is 9.59 Å². The Hall–Kier alpha value is -2.63. The van der Waals surface area contributed by atoms with Crippen LogP contribution in [0.15, 0.2) is 30.6 Å². The summed E-state index contributed by atoms with van der Waals surface area (Å²) in [5.41, 5.74) is 1.50. The third-order valence-corrected chi connectivity index (χ3v) is 4.40. The highest BCUT2D eigenvalue weighted by Gasteiger charge is 2.42. The summed E-state index contributed by atoms with van der Waals surface area (Å²) >= 11 is 0. The zero-order valence-electron chi connectivity index (χ0n) is 13.3. The van der Waals surface area contributed by atoms with Crippen LogP contribution in [-0.2, 0) is 9.59 Å². The van der Waals surface area contributed by atoms with Crippen molar-refractivity contribution >= 4 is 17.5 Å². The molecule has 3 N–H and O–H groups in total. The number of aromatic nitrogens is 2. The summed E-state index contributed by atoms with van der Waals surface area (Å²) in [6, 6.07) is 5.74. The number of carbonyl (C=O) groups excluding carboxylic acids is 2. The lowest BCUT2D eigenvalue weighted by atomic mass is 9.81. The standard InChI is InChI=1S/C17H20N4O2/c1-11-4-5-12(14-18-8-9-19-14)10-13(11)21-16(23)17(2)6-3-7-20-15(17)22/h4-5,8-10H,3,6-7H2,1-2H3,(H,18,19)(H,20,22)(H,21,23)/t17-/m1/s1. The highest BCUT2D eigenvalue weighted by atomic mass is 16.2. The second kappa shape index (κ2) is 5.87. The number of imidazole rings is 1. The van der Waals surface area contributed by atoms with E-state index in [1.807, 2.05) is 25.1 Å². The topological polar surface area (TPSA) is 86.9 Å². The average molecular weight is 312 g/mol. The van der Waals surface area contributed by atoms with Gasteiger partial charge in [0.2, 0.25) is 11.8 Å². The maximum atomic E-state index is 12.7. The van der Waals surface area contributed by atoms with Crippen molar-refractivity contribution in [2.45, 2.75) is 26.7 Å². The lowest BCUT2D eigenvalue weighted by molar-refractivity contribution is -0.141. The SMILES string of the molecule is Cc1ccc(-c2ncc[nH]2)cc1NC(=O)[C@]1(C)CCCNC1=O. The van der Waals surface area contributed by atoms with Gasteiger partial charge >= 0.3 is 0 Å². The van der Waals surface area contributed by atoms with E-state index in [2.05, 4.69) is 20.6 Å². The lowest BCUT2D eigenvalue weighted by Crippen LogP contribution is -2.50. The van der Waals surface area contributed by atoms with Gasteiger partial charge in [0.05, 0.1) is 0 Å². The molecule has 0 spiro atoms.